The number of carbonyl (C=O) groups excluding carboxylic acids is 1. The number of likely N-dealkylation sites (N-methyl/N-ethyl adjacent to an activating group) is 1. The van der Waals surface area contributed by atoms with E-state index >= 15 is 0 Å². The maximum absolute atomic E-state index is 12.2. The molecule has 1 aliphatic heterocycles. The van der Waals surface area contributed by atoms with E-state index in [4.69, 9.17) is 16.7 Å². The topological polar surface area (TPSA) is 116 Å². The Bertz CT molecular complexity index is 711. The summed E-state index contributed by atoms with van der Waals surface area (Å²) in [5.41, 5.74) is 0.0676. The summed E-state index contributed by atoms with van der Waals surface area (Å²) in [5, 5.41) is 22.6. The summed E-state index contributed by atoms with van der Waals surface area (Å²) in [4.78, 5) is 37.4. The SMILES string of the molecule is CCN(CC(=O)O)C1CCN(CC(=O)Nc2ccc(Cl)c([N+](=O)[O-])c2)CC1.Cl. The highest BCUT2D eigenvalue weighted by Crippen LogP contribution is 2.27. The molecule has 1 amide bonds. The molecule has 0 saturated carbocycles. The third kappa shape index (κ3) is 6.90. The fraction of sp³-hybridized carbons (Fsp3) is 0.529. The highest BCUT2D eigenvalue weighted by atomic mass is 35.5. The van der Waals surface area contributed by atoms with Crippen LogP contribution in [0.2, 0.25) is 5.02 Å². The van der Waals surface area contributed by atoms with Crippen LogP contribution in [0.25, 0.3) is 0 Å². The number of carbonyl (C=O) groups is 2. The molecule has 9 nitrogen and oxygen atoms in total. The van der Waals surface area contributed by atoms with Gasteiger partial charge in [0.1, 0.15) is 5.02 Å². The number of likely N-dealkylation sites (tertiary alicyclic amines) is 1. The lowest BCUT2D eigenvalue weighted by Crippen LogP contribution is -2.48. The molecule has 1 saturated heterocycles. The Balaban J connectivity index is 0.00000392. The predicted molar refractivity (Wildman–Crippen MR) is 108 cm³/mol. The van der Waals surface area contributed by atoms with Crippen molar-refractivity contribution in [2.24, 2.45) is 0 Å². The maximum Gasteiger partial charge on any atom is 0.317 e. The molecule has 0 atom stereocenters. The number of nitrogens with zero attached hydrogens (tertiary/aromatic N) is 3. The van der Waals surface area contributed by atoms with Crippen LogP contribution in [0.5, 0.6) is 0 Å². The van der Waals surface area contributed by atoms with Gasteiger partial charge in [-0.25, -0.2) is 0 Å². The molecule has 1 heterocycles. The average molecular weight is 435 g/mol. The van der Waals surface area contributed by atoms with Gasteiger partial charge in [0, 0.05) is 30.9 Å². The fourth-order valence-electron chi connectivity index (χ4n) is 3.25. The number of nitro groups is 1. The van der Waals surface area contributed by atoms with E-state index in [1.165, 1.54) is 18.2 Å². The zero-order chi connectivity index (χ0) is 20.0. The third-order valence-corrected chi connectivity index (χ3v) is 4.93. The summed E-state index contributed by atoms with van der Waals surface area (Å²) in [6.45, 7) is 4.19. The molecule has 156 valence electrons. The predicted octanol–water partition coefficient (Wildman–Crippen LogP) is 2.48. The molecule has 1 aromatic carbocycles. The van der Waals surface area contributed by atoms with Gasteiger partial charge in [-0.2, -0.15) is 0 Å². The number of piperidine rings is 1. The first kappa shape index (κ1) is 24.1. The van der Waals surface area contributed by atoms with Gasteiger partial charge in [0.25, 0.3) is 5.69 Å². The lowest BCUT2D eigenvalue weighted by Gasteiger charge is -2.37. The molecule has 1 aliphatic rings. The Kier molecular flexibility index (Phi) is 9.60. The second kappa shape index (κ2) is 11.2. The molecule has 0 radical (unpaired) electrons. The number of benzene rings is 1. The number of hydrogen-bond donors (Lipinski definition) is 2. The number of carboxylic acid groups (broad SMARTS) is 1. The van der Waals surface area contributed by atoms with Crippen LogP contribution in [0.15, 0.2) is 18.2 Å². The molecule has 11 heteroatoms. The van der Waals surface area contributed by atoms with Gasteiger partial charge in [-0.05, 0) is 31.5 Å². The van der Waals surface area contributed by atoms with Crippen LogP contribution in [0.4, 0.5) is 11.4 Å². The summed E-state index contributed by atoms with van der Waals surface area (Å²) in [5.74, 6) is -1.10. The molecule has 2 rings (SSSR count). The van der Waals surface area contributed by atoms with Crippen LogP contribution in [-0.4, -0.2) is 70.5 Å². The molecule has 0 aliphatic carbocycles. The molecule has 2 N–H and O–H groups in total. The van der Waals surface area contributed by atoms with Crippen LogP contribution < -0.4 is 5.32 Å². The standard InChI is InChI=1S/C17H23ClN4O5.ClH/c1-2-21(11-17(24)25)13-5-7-20(8-6-13)10-16(23)19-12-3-4-14(18)15(9-12)22(26)27;/h3-4,9,13H,2,5-8,10-11H2,1H3,(H,19,23)(H,24,25);1H. The number of aliphatic carboxylic acids is 1. The van der Waals surface area contributed by atoms with Crippen molar-refractivity contribution in [1.29, 1.82) is 0 Å². The molecule has 0 spiro atoms. The Morgan fingerprint density at radius 3 is 2.57 bits per heavy atom. The van der Waals surface area contributed by atoms with E-state index in [-0.39, 0.29) is 48.2 Å². The largest absolute Gasteiger partial charge is 0.480 e. The fourth-order valence-corrected chi connectivity index (χ4v) is 3.44. The molecule has 28 heavy (non-hydrogen) atoms. The number of nitro benzene ring substituents is 1. The smallest absolute Gasteiger partial charge is 0.317 e. The van der Waals surface area contributed by atoms with Gasteiger partial charge in [0.15, 0.2) is 0 Å². The summed E-state index contributed by atoms with van der Waals surface area (Å²) < 4.78 is 0. The van der Waals surface area contributed by atoms with Crippen molar-refractivity contribution >= 4 is 47.3 Å². The number of amides is 1. The van der Waals surface area contributed by atoms with Crippen molar-refractivity contribution in [3.8, 4) is 0 Å². The van der Waals surface area contributed by atoms with Crippen molar-refractivity contribution in [2.75, 3.05) is 38.0 Å². The molecule has 0 bridgehead atoms. The van der Waals surface area contributed by atoms with E-state index in [0.29, 0.717) is 25.3 Å². The molecule has 0 aromatic heterocycles. The maximum atomic E-state index is 12.2. The first-order valence-corrected chi connectivity index (χ1v) is 9.10. The van der Waals surface area contributed by atoms with Gasteiger partial charge >= 0.3 is 5.97 Å². The molecular weight excluding hydrogens is 411 g/mol. The van der Waals surface area contributed by atoms with Crippen LogP contribution in [0.1, 0.15) is 19.8 Å². The lowest BCUT2D eigenvalue weighted by atomic mass is 10.0. The number of carboxylic acids is 1. The van der Waals surface area contributed by atoms with E-state index in [9.17, 15) is 19.7 Å². The van der Waals surface area contributed by atoms with Crippen LogP contribution >= 0.6 is 24.0 Å². The molecule has 1 fully saturated rings. The van der Waals surface area contributed by atoms with Crippen molar-refractivity contribution in [3.05, 3.63) is 33.3 Å². The molecule has 0 unspecified atom stereocenters. The number of hydrogen-bond acceptors (Lipinski definition) is 6. The quantitative estimate of drug-likeness (QED) is 0.476. The van der Waals surface area contributed by atoms with Crippen molar-refractivity contribution < 1.29 is 19.6 Å². The van der Waals surface area contributed by atoms with Gasteiger partial charge in [-0.15, -0.1) is 12.4 Å². The summed E-state index contributed by atoms with van der Waals surface area (Å²) in [7, 11) is 0. The molecular formula is C17H24Cl2N4O5. The number of anilines is 1. The zero-order valence-corrected chi connectivity index (χ0v) is 17.0. The van der Waals surface area contributed by atoms with Crippen molar-refractivity contribution in [1.82, 2.24) is 9.80 Å². The number of rotatable bonds is 8. The van der Waals surface area contributed by atoms with E-state index in [1.807, 2.05) is 16.7 Å². The van der Waals surface area contributed by atoms with Gasteiger partial charge in [-0.1, -0.05) is 18.5 Å². The Labute approximate surface area is 174 Å². The van der Waals surface area contributed by atoms with Gasteiger partial charge < -0.3 is 10.4 Å². The van der Waals surface area contributed by atoms with Crippen molar-refractivity contribution in [3.63, 3.8) is 0 Å². The minimum absolute atomic E-state index is 0. The first-order valence-electron chi connectivity index (χ1n) is 8.72. The number of nitrogens with one attached hydrogen (secondary N) is 1. The Hall–Kier alpha value is -1.94. The van der Waals surface area contributed by atoms with Gasteiger partial charge in [-0.3, -0.25) is 29.5 Å². The summed E-state index contributed by atoms with van der Waals surface area (Å²) in [6, 6.07) is 4.33. The molecule has 1 aromatic rings. The highest BCUT2D eigenvalue weighted by molar-refractivity contribution is 6.32. The summed E-state index contributed by atoms with van der Waals surface area (Å²) >= 11 is 5.76. The Morgan fingerprint density at radius 1 is 1.39 bits per heavy atom. The monoisotopic (exact) mass is 434 g/mol. The number of halogens is 2. The van der Waals surface area contributed by atoms with Crippen molar-refractivity contribution in [2.45, 2.75) is 25.8 Å². The first-order chi connectivity index (χ1) is 12.8. The van der Waals surface area contributed by atoms with E-state index in [0.717, 1.165) is 12.8 Å². The van der Waals surface area contributed by atoms with Crippen LogP contribution in [0.3, 0.4) is 0 Å². The van der Waals surface area contributed by atoms with Crippen LogP contribution in [-0.2, 0) is 9.59 Å². The van der Waals surface area contributed by atoms with Crippen LogP contribution in [0, 0.1) is 10.1 Å². The summed E-state index contributed by atoms with van der Waals surface area (Å²) in [6.07, 6.45) is 1.58. The average Bonchev–Trinajstić information content (AvgIpc) is 2.61. The second-order valence-electron chi connectivity index (χ2n) is 6.44. The van der Waals surface area contributed by atoms with Gasteiger partial charge in [0.2, 0.25) is 5.91 Å². The zero-order valence-electron chi connectivity index (χ0n) is 15.5. The minimum Gasteiger partial charge on any atom is -0.480 e. The normalized spacial score (nSPS) is 15.1. The second-order valence-corrected chi connectivity index (χ2v) is 6.84. The van der Waals surface area contributed by atoms with E-state index in [2.05, 4.69) is 5.32 Å². The lowest BCUT2D eigenvalue weighted by molar-refractivity contribution is -0.384. The third-order valence-electron chi connectivity index (χ3n) is 4.61. The van der Waals surface area contributed by atoms with Gasteiger partial charge in [0.05, 0.1) is 18.0 Å². The Morgan fingerprint density at radius 2 is 2.04 bits per heavy atom. The highest BCUT2D eigenvalue weighted by Gasteiger charge is 2.26. The van der Waals surface area contributed by atoms with E-state index < -0.39 is 10.9 Å². The minimum atomic E-state index is -0.837. The van der Waals surface area contributed by atoms with E-state index in [1.54, 1.807) is 0 Å².